The molecule has 2 amide bonds. The number of nitrogens with one attached hydrogen (secondary N) is 1. The molecule has 0 aliphatic carbocycles. The van der Waals surface area contributed by atoms with Crippen LogP contribution in [-0.4, -0.2) is 34.2 Å². The number of para-hydroxylation sites is 1. The highest BCUT2D eigenvalue weighted by Crippen LogP contribution is 2.32. The number of benzene rings is 2. The maximum atomic E-state index is 12.5. The molecule has 3 rings (SSSR count). The molecule has 1 aliphatic heterocycles. The number of thioether (sulfide) groups is 1. The fourth-order valence-corrected chi connectivity index (χ4v) is 4.10. The molecule has 0 radical (unpaired) electrons. The Labute approximate surface area is 167 Å². The summed E-state index contributed by atoms with van der Waals surface area (Å²) in [6, 6.07) is 13.0. The molecule has 0 spiro atoms. The fraction of sp³-hybridized carbons (Fsp3) is 0.250. The van der Waals surface area contributed by atoms with E-state index in [0.29, 0.717) is 10.2 Å². The quantitative estimate of drug-likeness (QED) is 0.817. The monoisotopic (exact) mass is 401 g/mol. The number of anilines is 1. The van der Waals surface area contributed by atoms with Gasteiger partial charge in [0.05, 0.1) is 5.69 Å². The summed E-state index contributed by atoms with van der Waals surface area (Å²) in [4.78, 5) is 31.0. The van der Waals surface area contributed by atoms with Gasteiger partial charge in [-0.2, -0.15) is 0 Å². The number of amidine groups is 1. The van der Waals surface area contributed by atoms with Gasteiger partial charge < -0.3 is 5.32 Å². The molecule has 1 fully saturated rings. The highest BCUT2D eigenvalue weighted by atomic mass is 35.5. The average Bonchev–Trinajstić information content (AvgIpc) is 2.87. The Morgan fingerprint density at radius 3 is 2.67 bits per heavy atom. The number of carbonyl (C=O) groups excluding carboxylic acids is 2. The van der Waals surface area contributed by atoms with Gasteiger partial charge in [-0.15, -0.1) is 0 Å². The van der Waals surface area contributed by atoms with E-state index in [4.69, 9.17) is 11.6 Å². The molecule has 0 saturated carbocycles. The first-order valence-electron chi connectivity index (χ1n) is 8.49. The van der Waals surface area contributed by atoms with Crippen molar-refractivity contribution in [2.45, 2.75) is 25.5 Å². The number of halogens is 1. The van der Waals surface area contributed by atoms with Crippen LogP contribution in [0.25, 0.3) is 0 Å². The van der Waals surface area contributed by atoms with Gasteiger partial charge in [0.15, 0.2) is 5.17 Å². The minimum Gasteiger partial charge on any atom is -0.326 e. The van der Waals surface area contributed by atoms with Crippen LogP contribution in [0.4, 0.5) is 11.4 Å². The number of carbonyl (C=O) groups is 2. The van der Waals surface area contributed by atoms with E-state index >= 15 is 0 Å². The van der Waals surface area contributed by atoms with Crippen LogP contribution in [-0.2, 0) is 9.59 Å². The lowest BCUT2D eigenvalue weighted by molar-refractivity contribution is -0.127. The summed E-state index contributed by atoms with van der Waals surface area (Å²) in [5.74, 6) is -0.308. The molecule has 1 aliphatic rings. The number of hydrogen-bond acceptors (Lipinski definition) is 4. The Bertz CT molecular complexity index is 929. The van der Waals surface area contributed by atoms with Gasteiger partial charge in [0.25, 0.3) is 0 Å². The van der Waals surface area contributed by atoms with Crippen molar-refractivity contribution in [3.8, 4) is 0 Å². The number of nitrogens with zero attached hydrogens (tertiary/aromatic N) is 2. The number of hydrogen-bond donors (Lipinski definition) is 1. The maximum absolute atomic E-state index is 12.5. The second-order valence-electron chi connectivity index (χ2n) is 6.40. The van der Waals surface area contributed by atoms with Gasteiger partial charge >= 0.3 is 0 Å². The summed E-state index contributed by atoms with van der Waals surface area (Å²) >= 11 is 7.29. The number of aliphatic imine (C=N–C) groups is 1. The van der Waals surface area contributed by atoms with Crippen molar-refractivity contribution >= 4 is 51.7 Å². The largest absolute Gasteiger partial charge is 0.326 e. The van der Waals surface area contributed by atoms with Gasteiger partial charge in [-0.1, -0.05) is 41.6 Å². The lowest BCUT2D eigenvalue weighted by Crippen LogP contribution is -2.30. The number of aryl methyl sites for hydroxylation is 2. The normalized spacial score (nSPS) is 18.2. The first-order valence-corrected chi connectivity index (χ1v) is 9.75. The minimum absolute atomic E-state index is 0.0980. The molecule has 140 valence electrons. The first-order chi connectivity index (χ1) is 12.8. The summed E-state index contributed by atoms with van der Waals surface area (Å²) in [7, 11) is 1.68. The predicted octanol–water partition coefficient (Wildman–Crippen LogP) is 4.55. The molecule has 27 heavy (non-hydrogen) atoms. The Balaban J connectivity index is 1.71. The Morgan fingerprint density at radius 2 is 1.96 bits per heavy atom. The fourth-order valence-electron chi connectivity index (χ4n) is 2.73. The number of amides is 2. The van der Waals surface area contributed by atoms with Gasteiger partial charge in [-0.3, -0.25) is 14.5 Å². The molecule has 0 bridgehead atoms. The molecular formula is C20H20ClN3O2S. The van der Waals surface area contributed by atoms with Crippen molar-refractivity contribution in [1.82, 2.24) is 4.90 Å². The van der Waals surface area contributed by atoms with Crippen molar-refractivity contribution in [2.24, 2.45) is 4.99 Å². The molecule has 1 atom stereocenters. The average molecular weight is 402 g/mol. The smallest absolute Gasteiger partial charge is 0.242 e. The molecule has 1 heterocycles. The van der Waals surface area contributed by atoms with Crippen molar-refractivity contribution in [3.63, 3.8) is 0 Å². The molecule has 7 heteroatoms. The summed E-state index contributed by atoms with van der Waals surface area (Å²) in [6.07, 6.45) is 0.0980. The lowest BCUT2D eigenvalue weighted by atomic mass is 10.2. The maximum Gasteiger partial charge on any atom is 0.242 e. The van der Waals surface area contributed by atoms with E-state index in [2.05, 4.69) is 10.3 Å². The SMILES string of the molecule is Cc1cc(Cl)ccc1N=C1SC(CC(=O)Nc2ccccc2C)C(=O)N1C. The summed E-state index contributed by atoms with van der Waals surface area (Å²) in [5, 5.41) is 3.62. The van der Waals surface area contributed by atoms with Crippen molar-refractivity contribution < 1.29 is 9.59 Å². The van der Waals surface area contributed by atoms with Crippen LogP contribution in [0.2, 0.25) is 5.02 Å². The molecule has 1 unspecified atom stereocenters. The summed E-state index contributed by atoms with van der Waals surface area (Å²) in [6.45, 7) is 3.85. The third kappa shape index (κ3) is 4.51. The van der Waals surface area contributed by atoms with E-state index in [1.165, 1.54) is 16.7 Å². The topological polar surface area (TPSA) is 61.8 Å². The molecule has 5 nitrogen and oxygen atoms in total. The van der Waals surface area contributed by atoms with Crippen LogP contribution < -0.4 is 5.32 Å². The minimum atomic E-state index is -0.481. The molecule has 1 saturated heterocycles. The molecule has 1 N–H and O–H groups in total. The van der Waals surface area contributed by atoms with Gasteiger partial charge in [0, 0.05) is 24.2 Å². The van der Waals surface area contributed by atoms with E-state index in [1.807, 2.05) is 50.2 Å². The molecule has 0 aromatic heterocycles. The van der Waals surface area contributed by atoms with Crippen LogP contribution >= 0.6 is 23.4 Å². The third-order valence-electron chi connectivity index (χ3n) is 4.31. The standard InChI is InChI=1S/C20H20ClN3O2S/c1-12-6-4-5-7-15(12)22-18(25)11-17-19(26)24(3)20(27-17)23-16-9-8-14(21)10-13(16)2/h4-10,17H,11H2,1-3H3,(H,22,25). The second kappa shape index (κ2) is 8.15. The van der Waals surface area contributed by atoms with Crippen LogP contribution in [0.1, 0.15) is 17.5 Å². The van der Waals surface area contributed by atoms with E-state index < -0.39 is 5.25 Å². The Kier molecular flexibility index (Phi) is 5.87. The van der Waals surface area contributed by atoms with E-state index in [9.17, 15) is 9.59 Å². The number of rotatable bonds is 4. The van der Waals surface area contributed by atoms with Gasteiger partial charge in [-0.05, 0) is 49.2 Å². The van der Waals surface area contributed by atoms with Crippen LogP contribution in [0.15, 0.2) is 47.5 Å². The van der Waals surface area contributed by atoms with Crippen molar-refractivity contribution in [1.29, 1.82) is 0 Å². The highest BCUT2D eigenvalue weighted by Gasteiger charge is 2.37. The Hall–Kier alpha value is -2.31. The summed E-state index contributed by atoms with van der Waals surface area (Å²) in [5.41, 5.74) is 3.43. The van der Waals surface area contributed by atoms with Crippen molar-refractivity contribution in [3.05, 3.63) is 58.6 Å². The van der Waals surface area contributed by atoms with Crippen LogP contribution in [0.3, 0.4) is 0 Å². The molecular weight excluding hydrogens is 382 g/mol. The van der Waals surface area contributed by atoms with Crippen molar-refractivity contribution in [2.75, 3.05) is 12.4 Å². The van der Waals surface area contributed by atoms with E-state index in [-0.39, 0.29) is 18.2 Å². The van der Waals surface area contributed by atoms with Crippen LogP contribution in [0.5, 0.6) is 0 Å². The zero-order valence-corrected chi connectivity index (χ0v) is 16.9. The third-order valence-corrected chi connectivity index (χ3v) is 5.77. The van der Waals surface area contributed by atoms with E-state index in [0.717, 1.165) is 22.5 Å². The lowest BCUT2D eigenvalue weighted by Gasteiger charge is -2.10. The molecule has 2 aromatic rings. The Morgan fingerprint density at radius 1 is 1.22 bits per heavy atom. The van der Waals surface area contributed by atoms with Gasteiger partial charge in [0.2, 0.25) is 11.8 Å². The molecule has 2 aromatic carbocycles. The van der Waals surface area contributed by atoms with Gasteiger partial charge in [-0.25, -0.2) is 4.99 Å². The van der Waals surface area contributed by atoms with Gasteiger partial charge in [0.1, 0.15) is 5.25 Å². The first kappa shape index (κ1) is 19.5. The predicted molar refractivity (Wildman–Crippen MR) is 112 cm³/mol. The highest BCUT2D eigenvalue weighted by molar-refractivity contribution is 8.15. The van der Waals surface area contributed by atoms with E-state index in [1.54, 1.807) is 13.1 Å². The summed E-state index contributed by atoms with van der Waals surface area (Å²) < 4.78 is 0. The zero-order valence-electron chi connectivity index (χ0n) is 15.3. The second-order valence-corrected chi connectivity index (χ2v) is 8.00. The zero-order chi connectivity index (χ0) is 19.6. The van der Waals surface area contributed by atoms with Crippen LogP contribution in [0, 0.1) is 13.8 Å².